The van der Waals surface area contributed by atoms with E-state index in [0.717, 1.165) is 17.7 Å². The lowest BCUT2D eigenvalue weighted by atomic mass is 10.1. The van der Waals surface area contributed by atoms with Crippen molar-refractivity contribution in [2.24, 2.45) is 0 Å². The van der Waals surface area contributed by atoms with Crippen molar-refractivity contribution in [2.45, 2.75) is 17.8 Å². The zero-order valence-electron chi connectivity index (χ0n) is 10.2. The maximum Gasteiger partial charge on any atom is 0.371 e. The molecule has 0 aliphatic rings. The molecule has 0 aliphatic carbocycles. The zero-order valence-corrected chi connectivity index (χ0v) is 11.0. The van der Waals surface area contributed by atoms with E-state index in [1.54, 1.807) is 12.1 Å². The molecule has 0 radical (unpaired) electrons. The second-order valence-electron chi connectivity index (χ2n) is 4.11. The molecule has 1 aromatic heterocycles. The van der Waals surface area contributed by atoms with E-state index in [9.17, 15) is 13.2 Å². The van der Waals surface area contributed by atoms with E-state index < -0.39 is 15.8 Å². The topological polar surface area (TPSA) is 84.6 Å². The molecule has 0 aliphatic heterocycles. The Hall–Kier alpha value is -2.08. The van der Waals surface area contributed by atoms with Crippen LogP contribution in [0, 0.1) is 6.92 Å². The number of hydrogen-bond donors (Lipinski definition) is 1. The summed E-state index contributed by atoms with van der Waals surface area (Å²) in [5.74, 6) is -1.90. The van der Waals surface area contributed by atoms with Gasteiger partial charge in [-0.05, 0) is 30.2 Å². The van der Waals surface area contributed by atoms with Crippen LogP contribution in [0.1, 0.15) is 21.7 Å². The average Bonchev–Trinajstić information content (AvgIpc) is 2.82. The SMILES string of the molecule is Cc1ccccc1CS(=O)(=O)c1ccc(C(=O)O)o1. The van der Waals surface area contributed by atoms with E-state index in [-0.39, 0.29) is 16.6 Å². The third-order valence-electron chi connectivity index (χ3n) is 2.71. The highest BCUT2D eigenvalue weighted by atomic mass is 32.2. The van der Waals surface area contributed by atoms with Crippen molar-refractivity contribution in [1.82, 2.24) is 0 Å². The highest BCUT2D eigenvalue weighted by Gasteiger charge is 2.22. The first-order chi connectivity index (χ1) is 8.90. The molecule has 6 heteroatoms. The number of carbonyl (C=O) groups is 1. The van der Waals surface area contributed by atoms with Crippen LogP contribution in [0.3, 0.4) is 0 Å². The molecule has 0 spiro atoms. The molecule has 0 unspecified atom stereocenters. The number of carboxylic acids is 1. The lowest BCUT2D eigenvalue weighted by Crippen LogP contribution is -2.05. The van der Waals surface area contributed by atoms with Crippen LogP contribution in [0.25, 0.3) is 0 Å². The van der Waals surface area contributed by atoms with Crippen LogP contribution in [-0.2, 0) is 15.6 Å². The van der Waals surface area contributed by atoms with Gasteiger partial charge in [0.15, 0.2) is 0 Å². The van der Waals surface area contributed by atoms with Crippen molar-refractivity contribution in [3.05, 3.63) is 53.3 Å². The minimum Gasteiger partial charge on any atom is -0.475 e. The Labute approximate surface area is 110 Å². The number of furan rings is 1. The molecule has 19 heavy (non-hydrogen) atoms. The number of aromatic carboxylic acids is 1. The van der Waals surface area contributed by atoms with E-state index in [0.29, 0.717) is 5.56 Å². The van der Waals surface area contributed by atoms with Crippen LogP contribution >= 0.6 is 0 Å². The van der Waals surface area contributed by atoms with Crippen LogP contribution in [0.5, 0.6) is 0 Å². The van der Waals surface area contributed by atoms with Crippen LogP contribution in [-0.4, -0.2) is 19.5 Å². The monoisotopic (exact) mass is 280 g/mol. The molecular formula is C13H12O5S. The Balaban J connectivity index is 2.32. The standard InChI is InChI=1S/C13H12O5S/c1-9-4-2-3-5-10(9)8-19(16,17)12-7-6-11(18-12)13(14)15/h2-7H,8H2,1H3,(H,14,15). The molecule has 1 heterocycles. The fraction of sp³-hybridized carbons (Fsp3) is 0.154. The van der Waals surface area contributed by atoms with Crippen LogP contribution in [0.15, 0.2) is 45.9 Å². The molecule has 2 rings (SSSR count). The largest absolute Gasteiger partial charge is 0.475 e. The van der Waals surface area contributed by atoms with Crippen LogP contribution in [0.4, 0.5) is 0 Å². The Kier molecular flexibility index (Phi) is 3.44. The van der Waals surface area contributed by atoms with Crippen molar-refractivity contribution in [3.8, 4) is 0 Å². The van der Waals surface area contributed by atoms with Gasteiger partial charge < -0.3 is 9.52 Å². The number of aryl methyl sites for hydroxylation is 1. The van der Waals surface area contributed by atoms with Crippen molar-refractivity contribution >= 4 is 15.8 Å². The Morgan fingerprint density at radius 2 is 1.89 bits per heavy atom. The molecule has 5 nitrogen and oxygen atoms in total. The average molecular weight is 280 g/mol. The Morgan fingerprint density at radius 1 is 1.21 bits per heavy atom. The first-order valence-corrected chi connectivity index (χ1v) is 7.16. The van der Waals surface area contributed by atoms with E-state index in [1.807, 2.05) is 19.1 Å². The lowest BCUT2D eigenvalue weighted by Gasteiger charge is -2.04. The first-order valence-electron chi connectivity index (χ1n) is 5.50. The first kappa shape index (κ1) is 13.4. The highest BCUT2D eigenvalue weighted by molar-refractivity contribution is 7.90. The molecule has 0 atom stereocenters. The van der Waals surface area contributed by atoms with E-state index in [1.165, 1.54) is 0 Å². The normalized spacial score (nSPS) is 11.4. The summed E-state index contributed by atoms with van der Waals surface area (Å²) in [6.45, 7) is 1.82. The second-order valence-corrected chi connectivity index (χ2v) is 6.03. The van der Waals surface area contributed by atoms with Gasteiger partial charge in [0.05, 0.1) is 5.75 Å². The van der Waals surface area contributed by atoms with E-state index in [4.69, 9.17) is 9.52 Å². The van der Waals surface area contributed by atoms with Gasteiger partial charge in [-0.25, -0.2) is 13.2 Å². The summed E-state index contributed by atoms with van der Waals surface area (Å²) in [5.41, 5.74) is 1.52. The van der Waals surface area contributed by atoms with Crippen molar-refractivity contribution in [1.29, 1.82) is 0 Å². The van der Waals surface area contributed by atoms with E-state index in [2.05, 4.69) is 0 Å². The zero-order chi connectivity index (χ0) is 14.0. The number of benzene rings is 1. The molecule has 1 aromatic carbocycles. The Bertz CT molecular complexity index is 712. The predicted molar refractivity (Wildman–Crippen MR) is 67.7 cm³/mol. The highest BCUT2D eigenvalue weighted by Crippen LogP contribution is 2.20. The van der Waals surface area contributed by atoms with Crippen molar-refractivity contribution in [2.75, 3.05) is 0 Å². The van der Waals surface area contributed by atoms with Gasteiger partial charge in [-0.15, -0.1) is 0 Å². The molecule has 0 bridgehead atoms. The molecule has 0 amide bonds. The third kappa shape index (κ3) is 2.85. The van der Waals surface area contributed by atoms with Crippen molar-refractivity contribution in [3.63, 3.8) is 0 Å². The third-order valence-corrected chi connectivity index (χ3v) is 4.23. The molecule has 2 aromatic rings. The predicted octanol–water partition coefficient (Wildman–Crippen LogP) is 2.26. The maximum absolute atomic E-state index is 12.1. The lowest BCUT2D eigenvalue weighted by molar-refractivity contribution is 0.0656. The summed E-state index contributed by atoms with van der Waals surface area (Å²) in [7, 11) is -3.68. The van der Waals surface area contributed by atoms with E-state index >= 15 is 0 Å². The molecule has 0 saturated carbocycles. The van der Waals surface area contributed by atoms with Gasteiger partial charge in [0, 0.05) is 0 Å². The quantitative estimate of drug-likeness (QED) is 0.928. The molecule has 100 valence electrons. The van der Waals surface area contributed by atoms with Gasteiger partial charge in [-0.1, -0.05) is 24.3 Å². The van der Waals surface area contributed by atoms with Crippen LogP contribution < -0.4 is 0 Å². The summed E-state index contributed by atoms with van der Waals surface area (Å²) in [6, 6.07) is 9.40. The maximum atomic E-state index is 12.1. The van der Waals surface area contributed by atoms with Gasteiger partial charge >= 0.3 is 5.97 Å². The van der Waals surface area contributed by atoms with Crippen molar-refractivity contribution < 1.29 is 22.7 Å². The van der Waals surface area contributed by atoms with Gasteiger partial charge in [0.25, 0.3) is 0 Å². The number of hydrogen-bond acceptors (Lipinski definition) is 4. The van der Waals surface area contributed by atoms with Gasteiger partial charge in [-0.2, -0.15) is 0 Å². The molecule has 1 N–H and O–H groups in total. The van der Waals surface area contributed by atoms with Gasteiger partial charge in [0.2, 0.25) is 20.7 Å². The van der Waals surface area contributed by atoms with Gasteiger partial charge in [0.1, 0.15) is 0 Å². The second kappa shape index (κ2) is 4.89. The molecular weight excluding hydrogens is 268 g/mol. The summed E-state index contributed by atoms with van der Waals surface area (Å²) >= 11 is 0. The minimum absolute atomic E-state index is 0.216. The number of carboxylic acid groups (broad SMARTS) is 1. The fourth-order valence-electron chi connectivity index (χ4n) is 1.65. The summed E-state index contributed by atoms with van der Waals surface area (Å²) in [6.07, 6.45) is 0. The Morgan fingerprint density at radius 3 is 2.47 bits per heavy atom. The summed E-state index contributed by atoms with van der Waals surface area (Å²) in [5, 5.41) is 8.38. The number of rotatable bonds is 4. The summed E-state index contributed by atoms with van der Waals surface area (Å²) < 4.78 is 29.0. The number of sulfone groups is 1. The summed E-state index contributed by atoms with van der Waals surface area (Å²) in [4.78, 5) is 10.7. The minimum atomic E-state index is -3.68. The molecule has 0 fully saturated rings. The van der Waals surface area contributed by atoms with Crippen LogP contribution in [0.2, 0.25) is 0 Å². The van der Waals surface area contributed by atoms with Gasteiger partial charge in [-0.3, -0.25) is 0 Å². The fourth-order valence-corrected chi connectivity index (χ4v) is 3.02. The molecule has 0 saturated heterocycles. The smallest absolute Gasteiger partial charge is 0.371 e.